The highest BCUT2D eigenvalue weighted by Crippen LogP contribution is 2.19. The summed E-state index contributed by atoms with van der Waals surface area (Å²) < 4.78 is 0. The van der Waals surface area contributed by atoms with Gasteiger partial charge in [-0.05, 0) is 18.4 Å². The molecule has 0 spiro atoms. The largest absolute Gasteiger partial charge is 0.342 e. The third-order valence-corrected chi connectivity index (χ3v) is 3.90. The third kappa shape index (κ3) is 3.80. The van der Waals surface area contributed by atoms with Gasteiger partial charge in [0, 0.05) is 19.6 Å². The molecule has 0 bridgehead atoms. The van der Waals surface area contributed by atoms with Gasteiger partial charge in [0.05, 0.1) is 5.92 Å². The van der Waals surface area contributed by atoms with Crippen LogP contribution in [0.2, 0.25) is 0 Å². The summed E-state index contributed by atoms with van der Waals surface area (Å²) in [7, 11) is 0. The fourth-order valence-electron chi connectivity index (χ4n) is 2.75. The first-order valence-corrected chi connectivity index (χ1v) is 7.36. The molecule has 1 aliphatic heterocycles. The summed E-state index contributed by atoms with van der Waals surface area (Å²) in [5.74, 6) is 0.0243. The predicted molar refractivity (Wildman–Crippen MR) is 77.9 cm³/mol. The lowest BCUT2D eigenvalue weighted by Gasteiger charge is -2.28. The Morgan fingerprint density at radius 3 is 2.21 bits per heavy atom. The molecular formula is C16H24N2O. The predicted octanol–water partition coefficient (Wildman–Crippen LogP) is 2.52. The highest BCUT2D eigenvalue weighted by molar-refractivity contribution is 5.84. The number of carbonyl (C=O) groups excluding carboxylic acids is 1. The average Bonchev–Trinajstić information content (AvgIpc) is 2.40. The molecule has 1 saturated heterocycles. The molecule has 1 aromatic carbocycles. The molecule has 104 valence electrons. The van der Waals surface area contributed by atoms with Gasteiger partial charge in [-0.1, -0.05) is 49.6 Å². The maximum Gasteiger partial charge on any atom is 0.231 e. The Morgan fingerprint density at radius 1 is 1.05 bits per heavy atom. The SMILES string of the molecule is NC[C@H](C(=O)N1CCCCCCC1)c1ccccc1. The zero-order chi connectivity index (χ0) is 13.5. The molecule has 1 aromatic rings. The Kier molecular flexibility index (Phi) is 5.40. The fourth-order valence-corrected chi connectivity index (χ4v) is 2.75. The lowest BCUT2D eigenvalue weighted by atomic mass is 9.97. The molecular weight excluding hydrogens is 236 g/mol. The standard InChI is InChI=1S/C16H24N2O/c17-13-15(14-9-5-4-6-10-14)16(19)18-11-7-2-1-3-8-12-18/h4-6,9-10,15H,1-3,7-8,11-13,17H2/t15-/m0/s1. The van der Waals surface area contributed by atoms with Gasteiger partial charge < -0.3 is 10.6 Å². The number of amides is 1. The number of nitrogens with two attached hydrogens (primary N) is 1. The van der Waals surface area contributed by atoms with Gasteiger partial charge in [-0.3, -0.25) is 4.79 Å². The van der Waals surface area contributed by atoms with Crippen LogP contribution in [0.4, 0.5) is 0 Å². The number of benzene rings is 1. The minimum Gasteiger partial charge on any atom is -0.342 e. The number of hydrogen-bond acceptors (Lipinski definition) is 2. The molecule has 3 nitrogen and oxygen atoms in total. The summed E-state index contributed by atoms with van der Waals surface area (Å²) in [5.41, 5.74) is 6.87. The number of likely N-dealkylation sites (tertiary alicyclic amines) is 1. The Balaban J connectivity index is 2.06. The summed E-state index contributed by atoms with van der Waals surface area (Å²) in [6.45, 7) is 2.17. The second kappa shape index (κ2) is 7.29. The van der Waals surface area contributed by atoms with Crippen molar-refractivity contribution in [2.45, 2.75) is 38.0 Å². The van der Waals surface area contributed by atoms with Crippen molar-refractivity contribution in [3.63, 3.8) is 0 Å². The van der Waals surface area contributed by atoms with E-state index in [1.807, 2.05) is 35.2 Å². The normalized spacial score (nSPS) is 18.5. The Hall–Kier alpha value is -1.35. The lowest BCUT2D eigenvalue weighted by molar-refractivity contribution is -0.133. The number of carbonyl (C=O) groups is 1. The second-order valence-corrected chi connectivity index (χ2v) is 5.29. The topological polar surface area (TPSA) is 46.3 Å². The average molecular weight is 260 g/mol. The van der Waals surface area contributed by atoms with Crippen LogP contribution in [0.3, 0.4) is 0 Å². The minimum atomic E-state index is -0.180. The van der Waals surface area contributed by atoms with E-state index in [2.05, 4.69) is 0 Å². The number of nitrogens with zero attached hydrogens (tertiary/aromatic N) is 1. The molecule has 0 unspecified atom stereocenters. The van der Waals surface area contributed by atoms with Crippen LogP contribution in [-0.4, -0.2) is 30.4 Å². The van der Waals surface area contributed by atoms with Crippen molar-refractivity contribution in [1.29, 1.82) is 0 Å². The molecule has 19 heavy (non-hydrogen) atoms. The Labute approximate surface area is 115 Å². The van der Waals surface area contributed by atoms with Crippen molar-refractivity contribution >= 4 is 5.91 Å². The van der Waals surface area contributed by atoms with Crippen LogP contribution < -0.4 is 5.73 Å². The zero-order valence-corrected chi connectivity index (χ0v) is 11.6. The molecule has 1 amide bonds. The van der Waals surface area contributed by atoms with E-state index in [0.29, 0.717) is 6.54 Å². The van der Waals surface area contributed by atoms with Crippen LogP contribution in [-0.2, 0) is 4.79 Å². The highest BCUT2D eigenvalue weighted by Gasteiger charge is 2.24. The number of rotatable bonds is 3. The molecule has 0 radical (unpaired) electrons. The smallest absolute Gasteiger partial charge is 0.231 e. The van der Waals surface area contributed by atoms with E-state index >= 15 is 0 Å². The van der Waals surface area contributed by atoms with Gasteiger partial charge in [-0.15, -0.1) is 0 Å². The van der Waals surface area contributed by atoms with Gasteiger partial charge in [0.15, 0.2) is 0 Å². The van der Waals surface area contributed by atoms with E-state index < -0.39 is 0 Å². The van der Waals surface area contributed by atoms with Crippen molar-refractivity contribution in [1.82, 2.24) is 4.90 Å². The number of hydrogen-bond donors (Lipinski definition) is 1. The van der Waals surface area contributed by atoms with E-state index in [9.17, 15) is 4.79 Å². The molecule has 0 aromatic heterocycles. The second-order valence-electron chi connectivity index (χ2n) is 5.29. The lowest BCUT2D eigenvalue weighted by Crippen LogP contribution is -2.39. The van der Waals surface area contributed by atoms with Crippen molar-refractivity contribution < 1.29 is 4.79 Å². The Bertz CT molecular complexity index is 383. The molecule has 0 aliphatic carbocycles. The van der Waals surface area contributed by atoms with Crippen molar-refractivity contribution in [2.24, 2.45) is 5.73 Å². The highest BCUT2D eigenvalue weighted by atomic mass is 16.2. The summed E-state index contributed by atoms with van der Waals surface area (Å²) in [5, 5.41) is 0. The maximum absolute atomic E-state index is 12.6. The van der Waals surface area contributed by atoms with Crippen LogP contribution in [0.5, 0.6) is 0 Å². The molecule has 2 N–H and O–H groups in total. The van der Waals surface area contributed by atoms with E-state index in [4.69, 9.17) is 5.73 Å². The molecule has 1 aliphatic rings. The first-order valence-electron chi connectivity index (χ1n) is 7.36. The summed E-state index contributed by atoms with van der Waals surface area (Å²) in [6.07, 6.45) is 6.03. The molecule has 0 saturated carbocycles. The summed E-state index contributed by atoms with van der Waals surface area (Å²) in [6, 6.07) is 9.91. The van der Waals surface area contributed by atoms with Gasteiger partial charge in [0.1, 0.15) is 0 Å². The van der Waals surface area contributed by atoms with Gasteiger partial charge >= 0.3 is 0 Å². The third-order valence-electron chi connectivity index (χ3n) is 3.90. The van der Waals surface area contributed by atoms with Gasteiger partial charge in [0.2, 0.25) is 5.91 Å². The maximum atomic E-state index is 12.6. The Morgan fingerprint density at radius 2 is 1.63 bits per heavy atom. The fraction of sp³-hybridized carbons (Fsp3) is 0.562. The van der Waals surface area contributed by atoms with Crippen LogP contribution >= 0.6 is 0 Å². The molecule has 2 rings (SSSR count). The van der Waals surface area contributed by atoms with E-state index in [0.717, 1.165) is 31.5 Å². The van der Waals surface area contributed by atoms with E-state index in [1.165, 1.54) is 19.3 Å². The molecule has 1 fully saturated rings. The van der Waals surface area contributed by atoms with Gasteiger partial charge in [-0.2, -0.15) is 0 Å². The van der Waals surface area contributed by atoms with Gasteiger partial charge in [0.25, 0.3) is 0 Å². The first kappa shape index (κ1) is 14.1. The first-order chi connectivity index (χ1) is 9.33. The summed E-state index contributed by atoms with van der Waals surface area (Å²) in [4.78, 5) is 14.7. The quantitative estimate of drug-likeness (QED) is 0.907. The van der Waals surface area contributed by atoms with E-state index in [-0.39, 0.29) is 11.8 Å². The molecule has 1 atom stereocenters. The molecule has 3 heteroatoms. The van der Waals surface area contributed by atoms with E-state index in [1.54, 1.807) is 0 Å². The monoisotopic (exact) mass is 260 g/mol. The van der Waals surface area contributed by atoms with Crippen molar-refractivity contribution in [3.8, 4) is 0 Å². The van der Waals surface area contributed by atoms with Crippen LogP contribution in [0.15, 0.2) is 30.3 Å². The van der Waals surface area contributed by atoms with Gasteiger partial charge in [-0.25, -0.2) is 0 Å². The zero-order valence-electron chi connectivity index (χ0n) is 11.6. The van der Waals surface area contributed by atoms with Crippen LogP contribution in [0.25, 0.3) is 0 Å². The van der Waals surface area contributed by atoms with Crippen molar-refractivity contribution in [2.75, 3.05) is 19.6 Å². The molecule has 1 heterocycles. The summed E-state index contributed by atoms with van der Waals surface area (Å²) >= 11 is 0. The van der Waals surface area contributed by atoms with Crippen LogP contribution in [0.1, 0.15) is 43.6 Å². The van der Waals surface area contributed by atoms with Crippen LogP contribution in [0, 0.1) is 0 Å². The van der Waals surface area contributed by atoms with Crippen molar-refractivity contribution in [3.05, 3.63) is 35.9 Å². The minimum absolute atomic E-state index is 0.180.